The fraction of sp³-hybridized carbons (Fsp3) is 0.125. The van der Waals surface area contributed by atoms with Crippen LogP contribution in [-0.4, -0.2) is 17.5 Å². The van der Waals surface area contributed by atoms with Crippen LogP contribution in [0.15, 0.2) is 44.0 Å². The number of ether oxygens (including phenoxy) is 1. The van der Waals surface area contributed by atoms with Gasteiger partial charge in [0.05, 0.1) is 21.0 Å². The Balaban J connectivity index is 1.80. The van der Waals surface area contributed by atoms with E-state index >= 15 is 0 Å². The fourth-order valence-electron chi connectivity index (χ4n) is 2.03. The van der Waals surface area contributed by atoms with Gasteiger partial charge in [-0.25, -0.2) is 4.98 Å². The van der Waals surface area contributed by atoms with Gasteiger partial charge in [-0.15, -0.1) is 22.7 Å². The lowest BCUT2D eigenvalue weighted by Gasteiger charge is -2.07. The van der Waals surface area contributed by atoms with E-state index in [2.05, 4.69) is 42.2 Å². The third kappa shape index (κ3) is 3.88. The fourth-order valence-corrected chi connectivity index (χ4v) is 4.67. The van der Waals surface area contributed by atoms with Crippen LogP contribution >= 0.6 is 54.5 Å². The molecule has 0 aliphatic heterocycles. The van der Waals surface area contributed by atoms with Crippen LogP contribution < -0.4 is 10.1 Å². The van der Waals surface area contributed by atoms with Crippen molar-refractivity contribution < 1.29 is 9.53 Å². The Morgan fingerprint density at radius 3 is 2.83 bits per heavy atom. The summed E-state index contributed by atoms with van der Waals surface area (Å²) < 4.78 is 7.39. The van der Waals surface area contributed by atoms with E-state index in [-0.39, 0.29) is 5.91 Å². The lowest BCUT2D eigenvalue weighted by molar-refractivity contribution is 0.103. The van der Waals surface area contributed by atoms with Crippen molar-refractivity contribution in [2.75, 3.05) is 11.9 Å². The second kappa shape index (κ2) is 7.77. The molecule has 0 saturated heterocycles. The number of benzene rings is 1. The molecule has 8 heteroatoms. The van der Waals surface area contributed by atoms with Crippen LogP contribution in [0.5, 0.6) is 5.75 Å². The van der Waals surface area contributed by atoms with Crippen LogP contribution in [0.25, 0.3) is 11.3 Å². The zero-order valence-electron chi connectivity index (χ0n) is 12.5. The molecule has 0 unspecified atom stereocenters. The van der Waals surface area contributed by atoms with Crippen molar-refractivity contribution in [3.05, 3.63) is 48.8 Å². The number of nitrogens with zero attached hydrogens (tertiary/aromatic N) is 1. The SMILES string of the molecule is CCOc1ccccc1-c1csc(NC(=O)c2cc(Br)c(Br)s2)n1. The number of anilines is 1. The molecule has 0 bridgehead atoms. The van der Waals surface area contributed by atoms with Crippen molar-refractivity contribution in [1.29, 1.82) is 0 Å². The lowest BCUT2D eigenvalue weighted by Crippen LogP contribution is -2.09. The molecular formula is C16H12Br2N2O2S2. The van der Waals surface area contributed by atoms with Crippen molar-refractivity contribution in [3.8, 4) is 17.0 Å². The topological polar surface area (TPSA) is 51.2 Å². The Morgan fingerprint density at radius 1 is 1.33 bits per heavy atom. The summed E-state index contributed by atoms with van der Waals surface area (Å²) in [5, 5.41) is 5.30. The number of hydrogen-bond donors (Lipinski definition) is 1. The number of thiazole rings is 1. The molecule has 3 rings (SSSR count). The summed E-state index contributed by atoms with van der Waals surface area (Å²) in [6, 6.07) is 9.52. The quantitative estimate of drug-likeness (QED) is 0.476. The van der Waals surface area contributed by atoms with E-state index in [1.165, 1.54) is 22.7 Å². The summed E-state index contributed by atoms with van der Waals surface area (Å²) in [7, 11) is 0. The predicted molar refractivity (Wildman–Crippen MR) is 106 cm³/mol. The highest BCUT2D eigenvalue weighted by Gasteiger charge is 2.15. The third-order valence-corrected chi connectivity index (χ3v) is 7.07. The zero-order valence-corrected chi connectivity index (χ0v) is 17.3. The lowest BCUT2D eigenvalue weighted by atomic mass is 10.1. The van der Waals surface area contributed by atoms with Gasteiger partial charge in [-0.3, -0.25) is 10.1 Å². The molecule has 24 heavy (non-hydrogen) atoms. The number of carbonyl (C=O) groups excluding carboxylic acids is 1. The highest BCUT2D eigenvalue weighted by molar-refractivity contribution is 9.13. The predicted octanol–water partition coefficient (Wildman–Crippen LogP) is 6.05. The Hall–Kier alpha value is -1.22. The smallest absolute Gasteiger partial charge is 0.267 e. The van der Waals surface area contributed by atoms with Crippen LogP contribution in [0.3, 0.4) is 0 Å². The largest absolute Gasteiger partial charge is 0.493 e. The van der Waals surface area contributed by atoms with Crippen LogP contribution in [0.4, 0.5) is 5.13 Å². The van der Waals surface area contributed by atoms with Gasteiger partial charge in [0.25, 0.3) is 5.91 Å². The van der Waals surface area contributed by atoms with Gasteiger partial charge in [-0.2, -0.15) is 0 Å². The van der Waals surface area contributed by atoms with E-state index in [9.17, 15) is 4.79 Å². The number of rotatable bonds is 5. The van der Waals surface area contributed by atoms with Crippen LogP contribution in [-0.2, 0) is 0 Å². The van der Waals surface area contributed by atoms with Crippen LogP contribution in [0.2, 0.25) is 0 Å². The Bertz CT molecular complexity index is 857. The molecular weight excluding hydrogens is 476 g/mol. The second-order valence-corrected chi connectivity index (χ2v) is 8.74. The molecule has 3 aromatic rings. The molecule has 124 valence electrons. The summed E-state index contributed by atoms with van der Waals surface area (Å²) in [4.78, 5) is 17.4. The van der Waals surface area contributed by atoms with Crippen molar-refractivity contribution in [1.82, 2.24) is 4.98 Å². The number of nitrogens with one attached hydrogen (secondary N) is 1. The standard InChI is InChI=1S/C16H12Br2N2O2S2/c1-2-22-12-6-4-3-5-9(12)11-8-23-16(19-11)20-15(21)13-7-10(17)14(18)24-13/h3-8H,2H2,1H3,(H,19,20,21). The molecule has 0 atom stereocenters. The van der Waals surface area contributed by atoms with E-state index in [1.807, 2.05) is 36.6 Å². The molecule has 1 N–H and O–H groups in total. The minimum absolute atomic E-state index is 0.176. The molecule has 0 fully saturated rings. The first-order valence-electron chi connectivity index (χ1n) is 7.02. The zero-order chi connectivity index (χ0) is 17.1. The van der Waals surface area contributed by atoms with E-state index in [1.54, 1.807) is 6.07 Å². The number of thiophene rings is 1. The van der Waals surface area contributed by atoms with Gasteiger partial charge >= 0.3 is 0 Å². The molecule has 4 nitrogen and oxygen atoms in total. The maximum absolute atomic E-state index is 12.3. The Labute approximate surface area is 164 Å². The number of aromatic nitrogens is 1. The first-order valence-corrected chi connectivity index (χ1v) is 10.3. The maximum atomic E-state index is 12.3. The van der Waals surface area contributed by atoms with Crippen molar-refractivity contribution >= 4 is 65.6 Å². The molecule has 0 aliphatic carbocycles. The van der Waals surface area contributed by atoms with Crippen molar-refractivity contribution in [2.45, 2.75) is 6.92 Å². The first-order chi connectivity index (χ1) is 11.6. The molecule has 0 aliphatic rings. The number of amides is 1. The van der Waals surface area contributed by atoms with Gasteiger partial charge in [-0.1, -0.05) is 12.1 Å². The average molecular weight is 488 g/mol. The highest BCUT2D eigenvalue weighted by atomic mass is 79.9. The number of para-hydroxylation sites is 1. The summed E-state index contributed by atoms with van der Waals surface area (Å²) in [5.41, 5.74) is 1.70. The van der Waals surface area contributed by atoms with Gasteiger partial charge in [0.1, 0.15) is 5.75 Å². The molecule has 2 heterocycles. The van der Waals surface area contributed by atoms with Gasteiger partial charge in [-0.05, 0) is 57.0 Å². The van der Waals surface area contributed by atoms with Crippen molar-refractivity contribution in [3.63, 3.8) is 0 Å². The molecule has 2 aromatic heterocycles. The number of halogens is 2. The van der Waals surface area contributed by atoms with Gasteiger partial charge in [0.15, 0.2) is 5.13 Å². The number of hydrogen-bond acceptors (Lipinski definition) is 5. The summed E-state index contributed by atoms with van der Waals surface area (Å²) in [5.74, 6) is 0.611. The summed E-state index contributed by atoms with van der Waals surface area (Å²) in [6.45, 7) is 2.54. The highest BCUT2D eigenvalue weighted by Crippen LogP contribution is 2.34. The van der Waals surface area contributed by atoms with E-state index in [0.717, 1.165) is 25.3 Å². The average Bonchev–Trinajstić information content (AvgIpc) is 3.16. The monoisotopic (exact) mass is 486 g/mol. The Morgan fingerprint density at radius 2 is 2.12 bits per heavy atom. The molecule has 1 aromatic carbocycles. The first kappa shape index (κ1) is 17.6. The Kier molecular flexibility index (Phi) is 5.70. The molecule has 1 amide bonds. The van der Waals surface area contributed by atoms with E-state index in [4.69, 9.17) is 4.74 Å². The van der Waals surface area contributed by atoms with Gasteiger partial charge < -0.3 is 4.74 Å². The maximum Gasteiger partial charge on any atom is 0.267 e. The third-order valence-electron chi connectivity index (χ3n) is 3.06. The normalized spacial score (nSPS) is 10.6. The molecule has 0 radical (unpaired) electrons. The minimum Gasteiger partial charge on any atom is -0.493 e. The van der Waals surface area contributed by atoms with E-state index in [0.29, 0.717) is 16.6 Å². The van der Waals surface area contributed by atoms with Gasteiger partial charge in [0.2, 0.25) is 0 Å². The van der Waals surface area contributed by atoms with Crippen LogP contribution in [0, 0.1) is 0 Å². The van der Waals surface area contributed by atoms with Gasteiger partial charge in [0, 0.05) is 15.4 Å². The second-order valence-electron chi connectivity index (χ2n) is 4.65. The molecule has 0 saturated carbocycles. The molecule has 0 spiro atoms. The number of carbonyl (C=O) groups is 1. The van der Waals surface area contributed by atoms with Crippen LogP contribution in [0.1, 0.15) is 16.6 Å². The summed E-state index contributed by atoms with van der Waals surface area (Å²) in [6.07, 6.45) is 0. The van der Waals surface area contributed by atoms with Crippen molar-refractivity contribution in [2.24, 2.45) is 0 Å². The summed E-state index contributed by atoms with van der Waals surface area (Å²) >= 11 is 9.53. The minimum atomic E-state index is -0.176. The van der Waals surface area contributed by atoms with E-state index < -0.39 is 0 Å².